The van der Waals surface area contributed by atoms with Gasteiger partial charge in [-0.2, -0.15) is 0 Å². The number of benzene rings is 1. The van der Waals surface area contributed by atoms with E-state index in [1.54, 1.807) is 12.1 Å². The van der Waals surface area contributed by atoms with Crippen molar-refractivity contribution >= 4 is 11.6 Å². The number of aliphatic hydroxyl groups excluding tert-OH is 1. The molecule has 1 aliphatic rings. The van der Waals surface area contributed by atoms with Gasteiger partial charge in [-0.15, -0.1) is 0 Å². The molecule has 17 heavy (non-hydrogen) atoms. The lowest BCUT2D eigenvalue weighted by molar-refractivity contribution is 0.109. The van der Waals surface area contributed by atoms with Crippen molar-refractivity contribution in [2.24, 2.45) is 0 Å². The van der Waals surface area contributed by atoms with E-state index in [2.05, 4.69) is 10.2 Å². The third-order valence-corrected chi connectivity index (χ3v) is 3.45. The molecule has 0 aliphatic carbocycles. The summed E-state index contributed by atoms with van der Waals surface area (Å²) in [5.74, 6) is 0.0757. The van der Waals surface area contributed by atoms with E-state index in [4.69, 9.17) is 11.6 Å². The van der Waals surface area contributed by atoms with Gasteiger partial charge in [0.2, 0.25) is 0 Å². The summed E-state index contributed by atoms with van der Waals surface area (Å²) in [4.78, 5) is 2.15. The number of halogens is 1. The number of rotatable bonds is 3. The van der Waals surface area contributed by atoms with Gasteiger partial charge in [-0.3, -0.25) is 4.90 Å². The van der Waals surface area contributed by atoms with Crippen LogP contribution in [0, 0.1) is 0 Å². The fourth-order valence-electron chi connectivity index (χ4n) is 2.21. The minimum Gasteiger partial charge on any atom is -0.506 e. The number of phenolic OH excluding ortho intramolecular Hbond substituents is 1. The SMILES string of the molecule is OC[C@@H](c1cccc(Cl)c1O)N1CCNCC1. The van der Waals surface area contributed by atoms with Gasteiger partial charge in [0.1, 0.15) is 5.75 Å². The van der Waals surface area contributed by atoms with E-state index in [0.717, 1.165) is 26.2 Å². The van der Waals surface area contributed by atoms with E-state index in [9.17, 15) is 10.2 Å². The summed E-state index contributed by atoms with van der Waals surface area (Å²) in [6, 6.07) is 5.06. The molecular weight excluding hydrogens is 240 g/mol. The summed E-state index contributed by atoms with van der Waals surface area (Å²) in [6.45, 7) is 3.50. The summed E-state index contributed by atoms with van der Waals surface area (Å²) >= 11 is 5.89. The normalized spacial score (nSPS) is 19.2. The number of hydrogen-bond donors (Lipinski definition) is 3. The topological polar surface area (TPSA) is 55.7 Å². The van der Waals surface area contributed by atoms with Gasteiger partial charge in [-0.25, -0.2) is 0 Å². The number of para-hydroxylation sites is 1. The first-order valence-electron chi connectivity index (χ1n) is 5.77. The monoisotopic (exact) mass is 256 g/mol. The second-order valence-electron chi connectivity index (χ2n) is 4.16. The van der Waals surface area contributed by atoms with Crippen molar-refractivity contribution in [3.05, 3.63) is 28.8 Å². The van der Waals surface area contributed by atoms with Gasteiger partial charge in [0.15, 0.2) is 0 Å². The van der Waals surface area contributed by atoms with Crippen molar-refractivity contribution in [1.82, 2.24) is 10.2 Å². The highest BCUT2D eigenvalue weighted by Gasteiger charge is 2.24. The number of nitrogens with zero attached hydrogens (tertiary/aromatic N) is 1. The number of nitrogens with one attached hydrogen (secondary N) is 1. The van der Waals surface area contributed by atoms with E-state index in [0.29, 0.717) is 10.6 Å². The van der Waals surface area contributed by atoms with Crippen molar-refractivity contribution in [1.29, 1.82) is 0 Å². The minimum absolute atomic E-state index is 0.0199. The maximum Gasteiger partial charge on any atom is 0.139 e. The van der Waals surface area contributed by atoms with Crippen LogP contribution in [0.3, 0.4) is 0 Å². The van der Waals surface area contributed by atoms with Crippen LogP contribution in [0.25, 0.3) is 0 Å². The zero-order valence-electron chi connectivity index (χ0n) is 9.56. The highest BCUT2D eigenvalue weighted by Crippen LogP contribution is 2.33. The first kappa shape index (κ1) is 12.6. The summed E-state index contributed by atoms with van der Waals surface area (Å²) < 4.78 is 0. The van der Waals surface area contributed by atoms with Crippen molar-refractivity contribution in [3.8, 4) is 5.75 Å². The molecule has 4 nitrogen and oxygen atoms in total. The average Bonchev–Trinajstić information content (AvgIpc) is 2.37. The predicted molar refractivity (Wildman–Crippen MR) is 67.4 cm³/mol. The Hall–Kier alpha value is -0.810. The number of hydrogen-bond acceptors (Lipinski definition) is 4. The van der Waals surface area contributed by atoms with Crippen LogP contribution in [0.15, 0.2) is 18.2 Å². The lowest BCUT2D eigenvalue weighted by Crippen LogP contribution is -2.46. The van der Waals surface area contributed by atoms with Crippen LogP contribution in [0.4, 0.5) is 0 Å². The Morgan fingerprint density at radius 1 is 1.35 bits per heavy atom. The molecule has 1 aromatic rings. The molecule has 1 atom stereocenters. The molecule has 0 saturated carbocycles. The molecule has 2 rings (SSSR count). The van der Waals surface area contributed by atoms with Crippen LogP contribution in [0.2, 0.25) is 5.02 Å². The first-order valence-corrected chi connectivity index (χ1v) is 6.15. The predicted octanol–water partition coefficient (Wildman–Crippen LogP) is 0.984. The van der Waals surface area contributed by atoms with Crippen LogP contribution in [0.5, 0.6) is 5.75 Å². The summed E-state index contributed by atoms with van der Waals surface area (Å²) in [7, 11) is 0. The Labute approximate surface area is 106 Å². The van der Waals surface area contributed by atoms with Crippen LogP contribution in [-0.4, -0.2) is 47.9 Å². The van der Waals surface area contributed by atoms with Gasteiger partial charge >= 0.3 is 0 Å². The van der Waals surface area contributed by atoms with Gasteiger partial charge in [0, 0.05) is 31.7 Å². The van der Waals surface area contributed by atoms with Crippen LogP contribution in [-0.2, 0) is 0 Å². The van der Waals surface area contributed by atoms with E-state index in [1.165, 1.54) is 0 Å². The molecular formula is C12H17ClN2O2. The van der Waals surface area contributed by atoms with Crippen molar-refractivity contribution in [2.75, 3.05) is 32.8 Å². The van der Waals surface area contributed by atoms with Crippen molar-refractivity contribution in [2.45, 2.75) is 6.04 Å². The molecule has 0 radical (unpaired) electrons. The van der Waals surface area contributed by atoms with Crippen LogP contribution in [0.1, 0.15) is 11.6 Å². The molecule has 5 heteroatoms. The molecule has 0 aromatic heterocycles. The highest BCUT2D eigenvalue weighted by molar-refractivity contribution is 6.32. The van der Waals surface area contributed by atoms with Gasteiger partial charge < -0.3 is 15.5 Å². The number of aliphatic hydroxyl groups is 1. The molecule has 0 bridgehead atoms. The molecule has 1 aliphatic heterocycles. The van der Waals surface area contributed by atoms with Gasteiger partial charge in [-0.05, 0) is 6.07 Å². The Morgan fingerprint density at radius 3 is 2.71 bits per heavy atom. The fourth-order valence-corrected chi connectivity index (χ4v) is 2.39. The maximum absolute atomic E-state index is 9.94. The molecule has 0 spiro atoms. The van der Waals surface area contributed by atoms with Gasteiger partial charge in [0.25, 0.3) is 0 Å². The molecule has 0 unspecified atom stereocenters. The Morgan fingerprint density at radius 2 is 2.06 bits per heavy atom. The molecule has 1 fully saturated rings. The van der Waals surface area contributed by atoms with Crippen molar-refractivity contribution < 1.29 is 10.2 Å². The summed E-state index contributed by atoms with van der Waals surface area (Å²) in [5, 5.41) is 23.1. The van der Waals surface area contributed by atoms with Crippen LogP contribution >= 0.6 is 11.6 Å². The average molecular weight is 257 g/mol. The molecule has 1 heterocycles. The second-order valence-corrected chi connectivity index (χ2v) is 4.57. The standard InChI is InChI=1S/C12H17ClN2O2/c13-10-3-1-2-9(12(10)17)11(8-16)15-6-4-14-5-7-15/h1-3,11,14,16-17H,4-8H2/t11-/m0/s1. The maximum atomic E-state index is 9.94. The number of aromatic hydroxyl groups is 1. The van der Waals surface area contributed by atoms with Gasteiger partial charge in [0.05, 0.1) is 17.7 Å². The fraction of sp³-hybridized carbons (Fsp3) is 0.500. The molecule has 1 aromatic carbocycles. The Bertz CT molecular complexity index is 381. The van der Waals surface area contributed by atoms with Crippen LogP contribution < -0.4 is 5.32 Å². The zero-order valence-corrected chi connectivity index (χ0v) is 10.3. The smallest absolute Gasteiger partial charge is 0.139 e. The highest BCUT2D eigenvalue weighted by atomic mass is 35.5. The van der Waals surface area contributed by atoms with E-state index in [-0.39, 0.29) is 18.4 Å². The zero-order chi connectivity index (χ0) is 12.3. The minimum atomic E-state index is -0.184. The van der Waals surface area contributed by atoms with E-state index in [1.807, 2.05) is 6.07 Å². The van der Waals surface area contributed by atoms with Crippen molar-refractivity contribution in [3.63, 3.8) is 0 Å². The lowest BCUT2D eigenvalue weighted by atomic mass is 10.0. The molecule has 94 valence electrons. The van der Waals surface area contributed by atoms with E-state index >= 15 is 0 Å². The largest absolute Gasteiger partial charge is 0.506 e. The van der Waals surface area contributed by atoms with Gasteiger partial charge in [-0.1, -0.05) is 23.7 Å². The third kappa shape index (κ3) is 2.72. The number of piperazine rings is 1. The second kappa shape index (κ2) is 5.69. The quantitative estimate of drug-likeness (QED) is 0.755. The molecule has 1 saturated heterocycles. The summed E-state index contributed by atoms with van der Waals surface area (Å²) in [5.41, 5.74) is 0.696. The Kier molecular flexibility index (Phi) is 4.23. The lowest BCUT2D eigenvalue weighted by Gasteiger charge is -2.34. The molecule has 0 amide bonds. The third-order valence-electron chi connectivity index (χ3n) is 3.14. The van der Waals surface area contributed by atoms with E-state index < -0.39 is 0 Å². The first-order chi connectivity index (χ1) is 8.24. The number of phenols is 1. The molecule has 3 N–H and O–H groups in total. The summed E-state index contributed by atoms with van der Waals surface area (Å²) in [6.07, 6.45) is 0. The Balaban J connectivity index is 2.24.